The Hall–Kier alpha value is -3.64. The molecule has 0 radical (unpaired) electrons. The highest BCUT2D eigenvalue weighted by Gasteiger charge is 2.33. The summed E-state index contributed by atoms with van der Waals surface area (Å²) in [7, 11) is -4.03. The molecule has 1 aromatic carbocycles. The van der Waals surface area contributed by atoms with E-state index in [1.807, 2.05) is 12.1 Å². The van der Waals surface area contributed by atoms with Crippen molar-refractivity contribution in [2.24, 2.45) is 0 Å². The lowest BCUT2D eigenvalue weighted by molar-refractivity contribution is 0.221. The first-order valence-electron chi connectivity index (χ1n) is 12.9. The third kappa shape index (κ3) is 5.18. The zero-order valence-electron chi connectivity index (χ0n) is 21.9. The maximum Gasteiger partial charge on any atom is 0.329 e. The number of rotatable bonds is 8. The summed E-state index contributed by atoms with van der Waals surface area (Å²) in [4.78, 5) is 17.5. The van der Waals surface area contributed by atoms with Gasteiger partial charge in [-0.25, -0.2) is 22.1 Å². The molecule has 10 nitrogen and oxygen atoms in total. The van der Waals surface area contributed by atoms with Crippen molar-refractivity contribution < 1.29 is 17.2 Å². The van der Waals surface area contributed by atoms with Gasteiger partial charge in [0.2, 0.25) is 15.9 Å². The predicted octanol–water partition coefficient (Wildman–Crippen LogP) is 3.56. The normalized spacial score (nSPS) is 17.5. The Labute approximate surface area is 224 Å². The number of anilines is 1. The van der Waals surface area contributed by atoms with Crippen LogP contribution in [0.4, 0.5) is 10.1 Å². The van der Waals surface area contributed by atoms with Gasteiger partial charge in [-0.05, 0) is 68.9 Å². The van der Waals surface area contributed by atoms with Gasteiger partial charge in [0.25, 0.3) is 5.56 Å². The third-order valence-electron chi connectivity index (χ3n) is 7.07. The first-order chi connectivity index (χ1) is 18.5. The van der Waals surface area contributed by atoms with Gasteiger partial charge >= 0.3 is 6.01 Å². The molecule has 2 aliphatic carbocycles. The van der Waals surface area contributed by atoms with Gasteiger partial charge < -0.3 is 9.73 Å². The Kier molecular flexibility index (Phi) is 6.07. The highest BCUT2D eigenvalue weighted by Crippen LogP contribution is 2.42. The molecule has 12 heteroatoms. The zero-order chi connectivity index (χ0) is 27.5. The standard InChI is InChI=1S/C27H29FN6O4S/c1-15-32-33-26(38-15)34-7-6-19(11-24(34)35)31-20-9-17-8-18-13-29-23(16-4-5-16)12-22(18)25(21(17)10-20)39(36,37)30-14-27(2,3)28/h6-8,11-13,16,20,30-31H,4-5,9-10,14H2,1-3H3/t20-/m1/s1. The minimum atomic E-state index is -4.03. The number of alkyl halides is 1. The Balaban J connectivity index is 1.34. The maximum atomic E-state index is 14.3. The number of pyridine rings is 2. The van der Waals surface area contributed by atoms with Gasteiger partial charge in [0.15, 0.2) is 0 Å². The summed E-state index contributed by atoms with van der Waals surface area (Å²) in [6.07, 6.45) is 6.35. The van der Waals surface area contributed by atoms with E-state index in [0.717, 1.165) is 29.5 Å². The Morgan fingerprint density at radius 1 is 1.18 bits per heavy atom. The molecule has 0 amide bonds. The van der Waals surface area contributed by atoms with Crippen molar-refractivity contribution in [2.45, 2.75) is 69.0 Å². The highest BCUT2D eigenvalue weighted by molar-refractivity contribution is 7.89. The van der Waals surface area contributed by atoms with Crippen LogP contribution in [0.2, 0.25) is 0 Å². The van der Waals surface area contributed by atoms with E-state index in [4.69, 9.17) is 4.42 Å². The fraction of sp³-hybridized carbons (Fsp3) is 0.407. The molecule has 6 rings (SSSR count). The zero-order valence-corrected chi connectivity index (χ0v) is 22.7. The van der Waals surface area contributed by atoms with Crippen molar-refractivity contribution in [1.82, 2.24) is 24.5 Å². The van der Waals surface area contributed by atoms with Crippen LogP contribution in [0, 0.1) is 6.92 Å². The van der Waals surface area contributed by atoms with Crippen molar-refractivity contribution in [2.75, 3.05) is 11.9 Å². The van der Waals surface area contributed by atoms with Crippen LogP contribution in [0.5, 0.6) is 0 Å². The third-order valence-corrected chi connectivity index (χ3v) is 8.60. The maximum absolute atomic E-state index is 14.3. The molecule has 0 spiro atoms. The lowest BCUT2D eigenvalue weighted by Gasteiger charge is -2.18. The van der Waals surface area contributed by atoms with E-state index in [2.05, 4.69) is 25.2 Å². The molecule has 1 atom stereocenters. The Morgan fingerprint density at radius 3 is 2.64 bits per heavy atom. The largest absolute Gasteiger partial charge is 0.408 e. The first-order valence-corrected chi connectivity index (χ1v) is 14.4. The summed E-state index contributed by atoms with van der Waals surface area (Å²) in [5, 5.41) is 12.3. The number of aromatic nitrogens is 4. The summed E-state index contributed by atoms with van der Waals surface area (Å²) < 4.78 is 50.7. The van der Waals surface area contributed by atoms with Crippen molar-refractivity contribution >= 4 is 26.5 Å². The average Bonchev–Trinajstić information content (AvgIpc) is 3.51. The van der Waals surface area contributed by atoms with Crippen LogP contribution in [0.3, 0.4) is 0 Å². The molecule has 2 aliphatic rings. The molecule has 0 bridgehead atoms. The van der Waals surface area contributed by atoms with E-state index in [1.165, 1.54) is 24.5 Å². The number of sulfonamides is 1. The van der Waals surface area contributed by atoms with Crippen LogP contribution in [0.15, 0.2) is 50.8 Å². The van der Waals surface area contributed by atoms with Crippen LogP contribution < -0.4 is 15.6 Å². The fourth-order valence-corrected chi connectivity index (χ4v) is 6.75. The van der Waals surface area contributed by atoms with Gasteiger partial charge in [0, 0.05) is 66.0 Å². The van der Waals surface area contributed by atoms with E-state index in [-0.39, 0.29) is 29.1 Å². The smallest absolute Gasteiger partial charge is 0.329 e. The number of nitrogens with zero attached hydrogens (tertiary/aromatic N) is 4. The minimum absolute atomic E-state index is 0.0852. The number of aryl methyl sites for hydroxylation is 1. The lowest BCUT2D eigenvalue weighted by atomic mass is 10.0. The number of nitrogens with one attached hydrogen (secondary N) is 2. The van der Waals surface area contributed by atoms with Gasteiger partial charge in [-0.1, -0.05) is 5.10 Å². The van der Waals surface area contributed by atoms with Crippen LogP contribution >= 0.6 is 0 Å². The Morgan fingerprint density at radius 2 is 1.97 bits per heavy atom. The second-order valence-electron chi connectivity index (χ2n) is 11.0. The second kappa shape index (κ2) is 9.23. The van der Waals surface area contributed by atoms with Gasteiger partial charge in [0.1, 0.15) is 5.67 Å². The van der Waals surface area contributed by atoms with E-state index >= 15 is 0 Å². The van der Waals surface area contributed by atoms with E-state index in [9.17, 15) is 17.6 Å². The molecular weight excluding hydrogens is 523 g/mol. The molecular formula is C27H29FN6O4S. The quantitative estimate of drug-likeness (QED) is 0.339. The predicted molar refractivity (Wildman–Crippen MR) is 144 cm³/mol. The number of hydrogen-bond acceptors (Lipinski definition) is 8. The molecule has 4 aromatic rings. The summed E-state index contributed by atoms with van der Waals surface area (Å²) in [5.41, 5.74) is 1.02. The monoisotopic (exact) mass is 552 g/mol. The number of benzene rings is 1. The summed E-state index contributed by atoms with van der Waals surface area (Å²) in [6.45, 7) is 3.99. The summed E-state index contributed by atoms with van der Waals surface area (Å²) >= 11 is 0. The van der Waals surface area contributed by atoms with Crippen molar-refractivity contribution in [3.63, 3.8) is 0 Å². The van der Waals surface area contributed by atoms with E-state index < -0.39 is 15.7 Å². The Bertz CT molecular complexity index is 1750. The molecule has 0 saturated heterocycles. The average molecular weight is 553 g/mol. The van der Waals surface area contributed by atoms with Crippen LogP contribution in [-0.4, -0.2) is 46.4 Å². The van der Waals surface area contributed by atoms with Crippen molar-refractivity contribution in [1.29, 1.82) is 0 Å². The molecule has 1 saturated carbocycles. The van der Waals surface area contributed by atoms with Gasteiger partial charge in [-0.15, -0.1) is 5.10 Å². The van der Waals surface area contributed by atoms with Gasteiger partial charge in [0.05, 0.1) is 4.90 Å². The van der Waals surface area contributed by atoms with Gasteiger partial charge in [-0.2, -0.15) is 0 Å². The summed E-state index contributed by atoms with van der Waals surface area (Å²) in [6, 6.07) is 6.97. The van der Waals surface area contributed by atoms with Gasteiger partial charge in [-0.3, -0.25) is 9.78 Å². The van der Waals surface area contributed by atoms with Crippen LogP contribution in [0.1, 0.15) is 55.3 Å². The summed E-state index contributed by atoms with van der Waals surface area (Å²) in [5.74, 6) is 0.702. The topological polar surface area (TPSA) is 132 Å². The second-order valence-corrected chi connectivity index (χ2v) is 12.7. The molecule has 0 unspecified atom stereocenters. The SMILES string of the molecule is Cc1nnc(-n2ccc(N[C@@H]3Cc4cc5cnc(C6CC6)cc5c(S(=O)(=O)NCC(C)(C)F)c4C3)cc2=O)o1. The molecule has 3 aromatic heterocycles. The fourth-order valence-electron chi connectivity index (χ4n) is 5.06. The molecule has 2 N–H and O–H groups in total. The molecule has 3 heterocycles. The number of halogens is 1. The van der Waals surface area contributed by atoms with Crippen molar-refractivity contribution in [3.8, 4) is 6.01 Å². The van der Waals surface area contributed by atoms with Crippen LogP contribution in [-0.2, 0) is 22.9 Å². The van der Waals surface area contributed by atoms with E-state index in [1.54, 1.807) is 25.4 Å². The molecule has 1 fully saturated rings. The number of fused-ring (bicyclic) bond motifs is 2. The van der Waals surface area contributed by atoms with E-state index in [0.29, 0.717) is 41.3 Å². The van der Waals surface area contributed by atoms with Crippen molar-refractivity contribution in [3.05, 3.63) is 69.7 Å². The molecule has 39 heavy (non-hydrogen) atoms. The highest BCUT2D eigenvalue weighted by atomic mass is 32.2. The lowest BCUT2D eigenvalue weighted by Crippen LogP contribution is -2.36. The molecule has 0 aliphatic heterocycles. The first kappa shape index (κ1) is 25.6. The number of hydrogen-bond donors (Lipinski definition) is 2. The molecule has 204 valence electrons. The minimum Gasteiger partial charge on any atom is -0.408 e. The van der Waals surface area contributed by atoms with Crippen LogP contribution in [0.25, 0.3) is 16.8 Å².